The first-order valence-corrected chi connectivity index (χ1v) is 5.01. The van der Waals surface area contributed by atoms with Crippen LogP contribution in [0.25, 0.3) is 0 Å². The molecule has 0 radical (unpaired) electrons. The highest BCUT2D eigenvalue weighted by Crippen LogP contribution is 1.92. The summed E-state index contributed by atoms with van der Waals surface area (Å²) >= 11 is 0. The van der Waals surface area contributed by atoms with Crippen LogP contribution in [0.5, 0.6) is 0 Å². The molecule has 0 aromatic heterocycles. The highest BCUT2D eigenvalue weighted by Gasteiger charge is 2.08. The molecular formula is C6H11NO3S. The van der Waals surface area contributed by atoms with Crippen LogP contribution in [0.1, 0.15) is 6.42 Å². The van der Waals surface area contributed by atoms with Gasteiger partial charge in [0.1, 0.15) is 5.75 Å². The molecule has 0 aliphatic heterocycles. The van der Waals surface area contributed by atoms with Crippen LogP contribution in [0.3, 0.4) is 0 Å². The lowest BCUT2D eigenvalue weighted by Gasteiger charge is -1.97. The Hall–Kier alpha value is -0.600. The Labute approximate surface area is 66.7 Å². The van der Waals surface area contributed by atoms with E-state index in [9.17, 15) is 8.42 Å². The predicted molar refractivity (Wildman–Crippen MR) is 40.8 cm³/mol. The summed E-state index contributed by atoms with van der Waals surface area (Å²) in [5.74, 6) is -0.356. The molecule has 0 N–H and O–H groups in total. The van der Waals surface area contributed by atoms with Crippen molar-refractivity contribution in [1.29, 1.82) is 5.26 Å². The Morgan fingerprint density at radius 3 is 2.64 bits per heavy atom. The summed E-state index contributed by atoms with van der Waals surface area (Å²) in [6.07, 6.45) is 0.459. The van der Waals surface area contributed by atoms with Gasteiger partial charge in [0.25, 0.3) is 0 Å². The van der Waals surface area contributed by atoms with Crippen LogP contribution in [-0.4, -0.2) is 33.6 Å². The van der Waals surface area contributed by atoms with Crippen molar-refractivity contribution in [3.8, 4) is 6.07 Å². The molecule has 64 valence electrons. The molecule has 11 heavy (non-hydrogen) atoms. The fourth-order valence-electron chi connectivity index (χ4n) is 0.594. The first-order chi connectivity index (χ1) is 5.12. The van der Waals surface area contributed by atoms with Gasteiger partial charge in [-0.2, -0.15) is 5.26 Å². The monoisotopic (exact) mass is 177 g/mol. The molecule has 0 heterocycles. The minimum absolute atomic E-state index is 0.0361. The molecule has 0 saturated heterocycles. The maximum atomic E-state index is 10.8. The molecule has 5 heteroatoms. The van der Waals surface area contributed by atoms with E-state index in [0.717, 1.165) is 0 Å². The molecule has 4 nitrogen and oxygen atoms in total. The first-order valence-electron chi connectivity index (χ1n) is 3.18. The highest BCUT2D eigenvalue weighted by atomic mass is 32.2. The molecule has 0 aliphatic rings. The fourth-order valence-corrected chi connectivity index (χ4v) is 1.49. The van der Waals surface area contributed by atoms with E-state index in [-0.39, 0.29) is 5.75 Å². The van der Waals surface area contributed by atoms with E-state index in [0.29, 0.717) is 13.0 Å². The SMILES string of the molecule is COCCCS(=O)(=O)CC#N. The van der Waals surface area contributed by atoms with Gasteiger partial charge >= 0.3 is 0 Å². The van der Waals surface area contributed by atoms with E-state index in [1.54, 1.807) is 6.07 Å². The molecule has 0 aromatic rings. The highest BCUT2D eigenvalue weighted by molar-refractivity contribution is 7.91. The number of nitriles is 1. The van der Waals surface area contributed by atoms with Gasteiger partial charge in [-0.3, -0.25) is 0 Å². The Balaban J connectivity index is 3.68. The van der Waals surface area contributed by atoms with Crippen LogP contribution < -0.4 is 0 Å². The van der Waals surface area contributed by atoms with Gasteiger partial charge in [-0.05, 0) is 6.42 Å². The lowest BCUT2D eigenvalue weighted by molar-refractivity contribution is 0.199. The van der Waals surface area contributed by atoms with Crippen molar-refractivity contribution in [2.75, 3.05) is 25.2 Å². The minimum atomic E-state index is -3.14. The number of ether oxygens (including phenoxy) is 1. The van der Waals surface area contributed by atoms with Crippen molar-refractivity contribution in [3.05, 3.63) is 0 Å². The van der Waals surface area contributed by atoms with Gasteiger partial charge in [0.15, 0.2) is 9.84 Å². The number of hydrogen-bond donors (Lipinski definition) is 0. The van der Waals surface area contributed by atoms with Crippen molar-refractivity contribution in [3.63, 3.8) is 0 Å². The van der Waals surface area contributed by atoms with Crippen molar-refractivity contribution in [2.24, 2.45) is 0 Å². The molecule has 0 spiro atoms. The number of nitrogens with zero attached hydrogens (tertiary/aromatic N) is 1. The third kappa shape index (κ3) is 5.83. The molecule has 0 fully saturated rings. The second-order valence-corrected chi connectivity index (χ2v) is 4.28. The van der Waals surface area contributed by atoms with Gasteiger partial charge in [-0.15, -0.1) is 0 Å². The third-order valence-corrected chi connectivity index (χ3v) is 2.57. The van der Waals surface area contributed by atoms with E-state index in [2.05, 4.69) is 4.74 Å². The molecule has 0 rings (SSSR count). The first kappa shape index (κ1) is 10.4. The van der Waals surface area contributed by atoms with Crippen LogP contribution in [0.4, 0.5) is 0 Å². The van der Waals surface area contributed by atoms with E-state index in [1.165, 1.54) is 7.11 Å². The lowest BCUT2D eigenvalue weighted by Crippen LogP contribution is -2.11. The van der Waals surface area contributed by atoms with Gasteiger partial charge in [-0.1, -0.05) is 0 Å². The van der Waals surface area contributed by atoms with Crippen molar-refractivity contribution < 1.29 is 13.2 Å². The quantitative estimate of drug-likeness (QED) is 0.553. The summed E-state index contributed by atoms with van der Waals surface area (Å²) < 4.78 is 26.3. The number of methoxy groups -OCH3 is 1. The summed E-state index contributed by atoms with van der Waals surface area (Å²) in [7, 11) is -1.63. The van der Waals surface area contributed by atoms with Crippen LogP contribution in [0.15, 0.2) is 0 Å². The Morgan fingerprint density at radius 1 is 1.55 bits per heavy atom. The van der Waals surface area contributed by atoms with Crippen LogP contribution in [0.2, 0.25) is 0 Å². The Kier molecular flexibility index (Phi) is 4.83. The summed E-state index contributed by atoms with van der Waals surface area (Å²) in [6.45, 7) is 0.421. The van der Waals surface area contributed by atoms with Crippen molar-refractivity contribution in [2.45, 2.75) is 6.42 Å². The van der Waals surface area contributed by atoms with Crippen molar-refractivity contribution in [1.82, 2.24) is 0 Å². The summed E-state index contributed by atoms with van der Waals surface area (Å²) in [5, 5.41) is 8.10. The molecule has 0 unspecified atom stereocenters. The molecular weight excluding hydrogens is 166 g/mol. The number of sulfone groups is 1. The van der Waals surface area contributed by atoms with Gasteiger partial charge in [0.05, 0.1) is 11.8 Å². The molecule has 0 saturated carbocycles. The van der Waals surface area contributed by atoms with Gasteiger partial charge in [0, 0.05) is 13.7 Å². The third-order valence-electron chi connectivity index (χ3n) is 1.09. The average Bonchev–Trinajstić information content (AvgIpc) is 1.87. The number of rotatable bonds is 5. The van der Waals surface area contributed by atoms with Gasteiger partial charge < -0.3 is 4.74 Å². The molecule has 0 aromatic carbocycles. The Bertz CT molecular complexity index is 227. The predicted octanol–water partition coefficient (Wildman–Crippen LogP) is -0.0387. The van der Waals surface area contributed by atoms with Crippen LogP contribution in [-0.2, 0) is 14.6 Å². The zero-order valence-electron chi connectivity index (χ0n) is 6.41. The van der Waals surface area contributed by atoms with Gasteiger partial charge in [-0.25, -0.2) is 8.42 Å². The van der Waals surface area contributed by atoms with Crippen LogP contribution in [0, 0.1) is 11.3 Å². The average molecular weight is 177 g/mol. The molecule has 0 bridgehead atoms. The maximum Gasteiger partial charge on any atom is 0.163 e. The van der Waals surface area contributed by atoms with Crippen molar-refractivity contribution >= 4 is 9.84 Å². The molecule has 0 atom stereocenters. The van der Waals surface area contributed by atoms with Crippen LogP contribution >= 0.6 is 0 Å². The van der Waals surface area contributed by atoms with E-state index < -0.39 is 15.6 Å². The zero-order valence-corrected chi connectivity index (χ0v) is 7.23. The summed E-state index contributed by atoms with van der Waals surface area (Å²) in [6, 6.07) is 1.61. The molecule has 0 amide bonds. The largest absolute Gasteiger partial charge is 0.385 e. The van der Waals surface area contributed by atoms with E-state index in [4.69, 9.17) is 5.26 Å². The zero-order chi connectivity index (χ0) is 8.74. The Morgan fingerprint density at radius 2 is 2.18 bits per heavy atom. The summed E-state index contributed by atoms with van der Waals surface area (Å²) in [5.41, 5.74) is 0. The maximum absolute atomic E-state index is 10.8. The second kappa shape index (κ2) is 5.10. The molecule has 0 aliphatic carbocycles. The lowest BCUT2D eigenvalue weighted by atomic mass is 10.5. The van der Waals surface area contributed by atoms with E-state index in [1.807, 2.05) is 0 Å². The fraction of sp³-hybridized carbons (Fsp3) is 0.833. The standard InChI is InChI=1S/C6H11NO3S/c1-10-4-2-5-11(8,9)6-3-7/h2,4-6H2,1H3. The summed E-state index contributed by atoms with van der Waals surface area (Å²) in [4.78, 5) is 0. The smallest absolute Gasteiger partial charge is 0.163 e. The second-order valence-electron chi connectivity index (χ2n) is 2.10. The number of hydrogen-bond acceptors (Lipinski definition) is 4. The topological polar surface area (TPSA) is 67.2 Å². The minimum Gasteiger partial charge on any atom is -0.385 e. The normalized spacial score (nSPS) is 10.9. The van der Waals surface area contributed by atoms with E-state index >= 15 is 0 Å². The van der Waals surface area contributed by atoms with Gasteiger partial charge in [0.2, 0.25) is 0 Å².